The number of urea groups is 1. The predicted molar refractivity (Wildman–Crippen MR) is 84.4 cm³/mol. The zero-order valence-corrected chi connectivity index (χ0v) is 12.9. The molecule has 0 radical (unpaired) electrons. The van der Waals surface area contributed by atoms with Gasteiger partial charge < -0.3 is 9.88 Å². The maximum atomic E-state index is 12.6. The summed E-state index contributed by atoms with van der Waals surface area (Å²) in [5, 5.41) is 4.80. The topological polar surface area (TPSA) is 79.3 Å². The highest BCUT2D eigenvalue weighted by atomic mass is 16.2. The molecule has 3 amide bonds. The van der Waals surface area contributed by atoms with Crippen LogP contribution in [0.25, 0.3) is 0 Å². The van der Waals surface area contributed by atoms with Gasteiger partial charge in [0.1, 0.15) is 11.9 Å². The van der Waals surface area contributed by atoms with Gasteiger partial charge in [0, 0.05) is 32.5 Å². The molecule has 1 aromatic heterocycles. The van der Waals surface area contributed by atoms with Crippen molar-refractivity contribution in [3.8, 4) is 0 Å². The van der Waals surface area contributed by atoms with Crippen molar-refractivity contribution in [1.82, 2.24) is 25.1 Å². The summed E-state index contributed by atoms with van der Waals surface area (Å²) >= 11 is 0. The Morgan fingerprint density at radius 1 is 1.22 bits per heavy atom. The van der Waals surface area contributed by atoms with Crippen LogP contribution in [0.5, 0.6) is 0 Å². The molecule has 0 saturated heterocycles. The van der Waals surface area contributed by atoms with Crippen LogP contribution in [0.2, 0.25) is 0 Å². The monoisotopic (exact) mass is 313 g/mol. The molecular formula is C16H19N5O2. The van der Waals surface area contributed by atoms with E-state index < -0.39 is 12.1 Å². The Kier molecular flexibility index (Phi) is 4.38. The Balaban J connectivity index is 1.87. The fourth-order valence-corrected chi connectivity index (χ4v) is 2.82. The van der Waals surface area contributed by atoms with Crippen LogP contribution in [-0.2, 0) is 17.9 Å². The van der Waals surface area contributed by atoms with Gasteiger partial charge in [0.15, 0.2) is 0 Å². The lowest BCUT2D eigenvalue weighted by Gasteiger charge is -2.34. The van der Waals surface area contributed by atoms with Gasteiger partial charge in [0.25, 0.3) is 0 Å². The van der Waals surface area contributed by atoms with Crippen LogP contribution in [0.3, 0.4) is 0 Å². The van der Waals surface area contributed by atoms with Crippen molar-refractivity contribution in [2.45, 2.75) is 19.1 Å². The van der Waals surface area contributed by atoms with E-state index in [0.717, 1.165) is 17.9 Å². The maximum Gasteiger partial charge on any atom is 0.321 e. The molecule has 7 nitrogen and oxygen atoms in total. The number of aromatic nitrogens is 2. The van der Waals surface area contributed by atoms with E-state index in [0.29, 0.717) is 13.1 Å². The number of fused-ring (bicyclic) bond motifs is 1. The Morgan fingerprint density at radius 2 is 2.00 bits per heavy atom. The molecule has 2 aromatic rings. The second kappa shape index (κ2) is 6.62. The average molecular weight is 313 g/mol. The summed E-state index contributed by atoms with van der Waals surface area (Å²) in [5.74, 6) is 0.584. The van der Waals surface area contributed by atoms with Gasteiger partial charge in [-0.2, -0.15) is 0 Å². The quantitative estimate of drug-likeness (QED) is 0.882. The lowest BCUT2D eigenvalue weighted by atomic mass is 10.0. The van der Waals surface area contributed by atoms with Crippen LogP contribution in [0.15, 0.2) is 42.7 Å². The number of rotatable bonds is 3. The van der Waals surface area contributed by atoms with Crippen molar-refractivity contribution in [1.29, 1.82) is 0 Å². The summed E-state index contributed by atoms with van der Waals surface area (Å²) < 4.78 is 2.08. The molecule has 0 bridgehead atoms. The van der Waals surface area contributed by atoms with Crippen molar-refractivity contribution >= 4 is 11.9 Å². The van der Waals surface area contributed by atoms with Gasteiger partial charge in [-0.3, -0.25) is 15.0 Å². The standard InChI is InChI=1S/C16H19N5O2/c1-17-16(23)19-15(22)14(12-5-3-2-4-6-12)21-10-9-20-8-7-18-13(20)11-21/h2-8,14H,9-11H2,1H3,(H2,17,19,22,23)/t14-/m0/s1. The number of carbonyl (C=O) groups excluding carboxylic acids is 2. The van der Waals surface area contributed by atoms with Gasteiger partial charge >= 0.3 is 6.03 Å². The van der Waals surface area contributed by atoms with E-state index in [9.17, 15) is 9.59 Å². The molecule has 3 rings (SSSR count). The summed E-state index contributed by atoms with van der Waals surface area (Å²) in [7, 11) is 1.48. The fraction of sp³-hybridized carbons (Fsp3) is 0.312. The van der Waals surface area contributed by atoms with E-state index in [4.69, 9.17) is 0 Å². The van der Waals surface area contributed by atoms with E-state index in [-0.39, 0.29) is 5.91 Å². The van der Waals surface area contributed by atoms with Crippen molar-refractivity contribution in [2.75, 3.05) is 13.6 Å². The first-order valence-electron chi connectivity index (χ1n) is 7.50. The van der Waals surface area contributed by atoms with Crippen LogP contribution in [0.4, 0.5) is 4.79 Å². The third-order valence-electron chi connectivity index (χ3n) is 3.97. The Bertz CT molecular complexity index is 698. The van der Waals surface area contributed by atoms with Gasteiger partial charge in [-0.1, -0.05) is 30.3 Å². The van der Waals surface area contributed by atoms with Crippen molar-refractivity contribution in [3.63, 3.8) is 0 Å². The molecule has 0 aliphatic carbocycles. The van der Waals surface area contributed by atoms with Gasteiger partial charge in [-0.15, -0.1) is 0 Å². The van der Waals surface area contributed by atoms with Crippen LogP contribution in [-0.4, -0.2) is 40.0 Å². The number of carbonyl (C=O) groups is 2. The van der Waals surface area contributed by atoms with Crippen LogP contribution < -0.4 is 10.6 Å². The van der Waals surface area contributed by atoms with Crippen molar-refractivity contribution in [3.05, 3.63) is 54.1 Å². The highest BCUT2D eigenvalue weighted by Gasteiger charge is 2.31. The molecule has 1 aliphatic rings. The lowest BCUT2D eigenvalue weighted by molar-refractivity contribution is -0.126. The molecule has 1 aliphatic heterocycles. The number of nitrogens with zero attached hydrogens (tertiary/aromatic N) is 3. The number of amides is 3. The highest BCUT2D eigenvalue weighted by Crippen LogP contribution is 2.25. The summed E-state index contributed by atoms with van der Waals surface area (Å²) in [6.45, 7) is 2.05. The van der Waals surface area contributed by atoms with E-state index in [2.05, 4.69) is 20.2 Å². The minimum Gasteiger partial charge on any atom is -0.341 e. The molecule has 2 heterocycles. The highest BCUT2D eigenvalue weighted by molar-refractivity contribution is 5.97. The maximum absolute atomic E-state index is 12.6. The molecule has 7 heteroatoms. The summed E-state index contributed by atoms with van der Waals surface area (Å²) in [6.07, 6.45) is 3.70. The second-order valence-electron chi connectivity index (χ2n) is 5.39. The number of imidazole rings is 1. The van der Waals surface area contributed by atoms with E-state index in [1.807, 2.05) is 41.4 Å². The average Bonchev–Trinajstić information content (AvgIpc) is 3.03. The third kappa shape index (κ3) is 3.24. The van der Waals surface area contributed by atoms with Gasteiger partial charge in [-0.25, -0.2) is 9.78 Å². The molecule has 23 heavy (non-hydrogen) atoms. The molecular weight excluding hydrogens is 294 g/mol. The molecule has 1 aromatic carbocycles. The SMILES string of the molecule is CNC(=O)NC(=O)[C@H](c1ccccc1)N1CCn2ccnc2C1. The first-order chi connectivity index (χ1) is 11.2. The number of imide groups is 1. The minimum atomic E-state index is -0.529. The molecule has 2 N–H and O–H groups in total. The molecule has 0 spiro atoms. The first kappa shape index (κ1) is 15.2. The predicted octanol–water partition coefficient (Wildman–Crippen LogP) is 0.896. The molecule has 1 atom stereocenters. The fourth-order valence-electron chi connectivity index (χ4n) is 2.82. The minimum absolute atomic E-state index is 0.337. The Morgan fingerprint density at radius 3 is 2.74 bits per heavy atom. The number of nitrogens with one attached hydrogen (secondary N) is 2. The van der Waals surface area contributed by atoms with Crippen molar-refractivity contribution < 1.29 is 9.59 Å². The zero-order chi connectivity index (χ0) is 16.2. The number of hydrogen-bond donors (Lipinski definition) is 2. The van der Waals surface area contributed by atoms with E-state index in [1.54, 1.807) is 6.20 Å². The van der Waals surface area contributed by atoms with Crippen LogP contribution in [0.1, 0.15) is 17.4 Å². The van der Waals surface area contributed by atoms with Crippen molar-refractivity contribution in [2.24, 2.45) is 0 Å². The second-order valence-corrected chi connectivity index (χ2v) is 5.39. The molecule has 0 fully saturated rings. The Labute approximate surface area is 134 Å². The van der Waals surface area contributed by atoms with Crippen LogP contribution >= 0.6 is 0 Å². The van der Waals surface area contributed by atoms with Gasteiger partial charge in [-0.05, 0) is 5.56 Å². The molecule has 0 saturated carbocycles. The zero-order valence-electron chi connectivity index (χ0n) is 12.9. The number of benzene rings is 1. The van der Waals surface area contributed by atoms with E-state index >= 15 is 0 Å². The molecule has 120 valence electrons. The summed E-state index contributed by atoms with van der Waals surface area (Å²) in [6, 6.07) is 8.44. The largest absolute Gasteiger partial charge is 0.341 e. The summed E-state index contributed by atoms with van der Waals surface area (Å²) in [4.78, 5) is 30.5. The summed E-state index contributed by atoms with van der Waals surface area (Å²) in [5.41, 5.74) is 0.855. The first-order valence-corrected chi connectivity index (χ1v) is 7.50. The third-order valence-corrected chi connectivity index (χ3v) is 3.97. The Hall–Kier alpha value is -2.67. The smallest absolute Gasteiger partial charge is 0.321 e. The van der Waals surface area contributed by atoms with E-state index in [1.165, 1.54) is 7.05 Å². The lowest BCUT2D eigenvalue weighted by Crippen LogP contribution is -2.47. The number of hydrogen-bond acceptors (Lipinski definition) is 4. The normalized spacial score (nSPS) is 15.5. The molecule has 0 unspecified atom stereocenters. The van der Waals surface area contributed by atoms with Crippen LogP contribution in [0, 0.1) is 0 Å². The van der Waals surface area contributed by atoms with Gasteiger partial charge in [0.2, 0.25) is 5.91 Å². The van der Waals surface area contributed by atoms with Gasteiger partial charge in [0.05, 0.1) is 6.54 Å².